The van der Waals surface area contributed by atoms with E-state index in [1.807, 2.05) is 4.90 Å². The van der Waals surface area contributed by atoms with Crippen molar-refractivity contribution in [2.24, 2.45) is 10.9 Å². The van der Waals surface area contributed by atoms with Crippen molar-refractivity contribution in [3.63, 3.8) is 0 Å². The first kappa shape index (κ1) is 24.6. The van der Waals surface area contributed by atoms with Crippen LogP contribution in [0.3, 0.4) is 0 Å². The normalized spacial score (nSPS) is 29.1. The second kappa shape index (κ2) is 9.40. The number of allylic oxidation sites excluding steroid dienone is 1. The average Bonchev–Trinajstić information content (AvgIpc) is 3.37. The minimum Gasteiger partial charge on any atom is -0.367 e. The third-order valence-corrected chi connectivity index (χ3v) is 8.41. The highest BCUT2D eigenvalue weighted by molar-refractivity contribution is 6.30. The molecule has 0 radical (unpaired) electrons. The number of amides is 1. The van der Waals surface area contributed by atoms with Crippen molar-refractivity contribution in [3.05, 3.63) is 45.9 Å². The average molecular weight is 502 g/mol. The van der Waals surface area contributed by atoms with Crippen LogP contribution in [0.15, 0.2) is 34.5 Å². The number of halogens is 2. The van der Waals surface area contributed by atoms with Gasteiger partial charge < -0.3 is 20.4 Å². The van der Waals surface area contributed by atoms with Crippen LogP contribution in [-0.2, 0) is 4.79 Å². The van der Waals surface area contributed by atoms with E-state index in [4.69, 9.17) is 16.6 Å². The summed E-state index contributed by atoms with van der Waals surface area (Å²) in [6.07, 6.45) is 4.18. The molecule has 1 aromatic carbocycles. The van der Waals surface area contributed by atoms with Gasteiger partial charge in [0.2, 0.25) is 5.91 Å². The van der Waals surface area contributed by atoms with E-state index in [0.717, 1.165) is 44.6 Å². The molecular formula is C27H37ClFN5O. The molecule has 8 heteroatoms. The largest absolute Gasteiger partial charge is 0.367 e. The smallest absolute Gasteiger partial charge is 0.231 e. The van der Waals surface area contributed by atoms with Crippen molar-refractivity contribution >= 4 is 23.3 Å². The zero-order valence-corrected chi connectivity index (χ0v) is 22.0. The van der Waals surface area contributed by atoms with E-state index in [0.29, 0.717) is 24.6 Å². The molecule has 6 nitrogen and oxygen atoms in total. The second-order valence-electron chi connectivity index (χ2n) is 11.2. The number of hydrogen-bond donors (Lipinski definition) is 2. The van der Waals surface area contributed by atoms with Gasteiger partial charge in [0.05, 0.1) is 10.9 Å². The maximum atomic E-state index is 14.4. The van der Waals surface area contributed by atoms with Crippen LogP contribution in [0, 0.1) is 11.7 Å². The van der Waals surface area contributed by atoms with Crippen LogP contribution < -0.4 is 10.6 Å². The lowest BCUT2D eigenvalue weighted by Gasteiger charge is -2.41. The summed E-state index contributed by atoms with van der Waals surface area (Å²) in [5.41, 5.74) is 3.35. The van der Waals surface area contributed by atoms with E-state index in [9.17, 15) is 9.18 Å². The molecule has 190 valence electrons. The number of carbonyl (C=O) groups excluding carboxylic acids is 1. The predicted molar refractivity (Wildman–Crippen MR) is 138 cm³/mol. The number of carbonyl (C=O) groups is 1. The van der Waals surface area contributed by atoms with Gasteiger partial charge in [-0.15, -0.1) is 0 Å². The van der Waals surface area contributed by atoms with Crippen LogP contribution in [0.5, 0.6) is 0 Å². The third kappa shape index (κ3) is 4.82. The lowest BCUT2D eigenvalue weighted by Crippen LogP contribution is -2.55. The number of aliphatic imine (C=N–C) groups is 1. The zero-order valence-electron chi connectivity index (χ0n) is 21.2. The fourth-order valence-corrected chi connectivity index (χ4v) is 6.35. The molecule has 35 heavy (non-hydrogen) atoms. The Morgan fingerprint density at radius 2 is 1.94 bits per heavy atom. The van der Waals surface area contributed by atoms with Crippen molar-refractivity contribution in [2.75, 3.05) is 26.2 Å². The van der Waals surface area contributed by atoms with Gasteiger partial charge in [-0.25, -0.2) is 9.38 Å². The highest BCUT2D eigenvalue weighted by atomic mass is 35.5. The lowest BCUT2D eigenvalue weighted by molar-refractivity contribution is -0.134. The topological polar surface area (TPSA) is 60.0 Å². The molecule has 2 saturated heterocycles. The Hall–Kier alpha value is -2.12. The van der Waals surface area contributed by atoms with Crippen LogP contribution in [0.1, 0.15) is 64.9 Å². The molecule has 4 atom stereocenters. The standard InChI is InChI=1S/C27H37ClFN5O/c1-16-5-8-21-23(16)25(31-17(2)30-21)33-11-13-34(14-12-33)26(35)24(22-9-10-27(3,4)32-22)18-6-7-19(28)20(29)15-18/h6-7,15-17,22,24,30,32H,5,8-14H2,1-4H3/t16-,17?,22+,24+/m1/s1. The highest BCUT2D eigenvalue weighted by Crippen LogP contribution is 2.36. The van der Waals surface area contributed by atoms with Gasteiger partial charge in [-0.2, -0.15) is 0 Å². The third-order valence-electron chi connectivity index (χ3n) is 8.10. The lowest BCUT2D eigenvalue weighted by atomic mass is 9.88. The fourth-order valence-electron chi connectivity index (χ4n) is 6.23. The second-order valence-corrected chi connectivity index (χ2v) is 11.6. The summed E-state index contributed by atoms with van der Waals surface area (Å²) in [6.45, 7) is 11.5. The highest BCUT2D eigenvalue weighted by Gasteiger charge is 2.41. The first-order valence-corrected chi connectivity index (χ1v) is 13.3. The van der Waals surface area contributed by atoms with Gasteiger partial charge in [0.15, 0.2) is 0 Å². The maximum Gasteiger partial charge on any atom is 0.231 e. The van der Waals surface area contributed by atoms with Gasteiger partial charge in [-0.3, -0.25) is 4.79 Å². The van der Waals surface area contributed by atoms with Crippen molar-refractivity contribution in [1.29, 1.82) is 0 Å². The van der Waals surface area contributed by atoms with Crippen LogP contribution >= 0.6 is 11.6 Å². The summed E-state index contributed by atoms with van der Waals surface area (Å²) < 4.78 is 14.4. The molecule has 0 spiro atoms. The van der Waals surface area contributed by atoms with Crippen LogP contribution in [-0.4, -0.2) is 65.5 Å². The Bertz CT molecular complexity index is 1060. The molecule has 1 amide bonds. The first-order valence-electron chi connectivity index (χ1n) is 13.0. The van der Waals surface area contributed by atoms with Gasteiger partial charge in [-0.1, -0.05) is 24.6 Å². The fraction of sp³-hybridized carbons (Fsp3) is 0.630. The van der Waals surface area contributed by atoms with Crippen molar-refractivity contribution in [1.82, 2.24) is 20.4 Å². The predicted octanol–water partition coefficient (Wildman–Crippen LogP) is 4.27. The maximum absolute atomic E-state index is 14.4. The minimum absolute atomic E-state index is 0.0298. The molecule has 2 N–H and O–H groups in total. The summed E-state index contributed by atoms with van der Waals surface area (Å²) in [5, 5.41) is 7.25. The first-order chi connectivity index (χ1) is 16.6. The minimum atomic E-state index is -0.475. The Morgan fingerprint density at radius 1 is 1.20 bits per heavy atom. The molecule has 2 fully saturated rings. The molecule has 5 rings (SSSR count). The van der Waals surface area contributed by atoms with Crippen LogP contribution in [0.4, 0.5) is 4.39 Å². The quantitative estimate of drug-likeness (QED) is 0.649. The molecule has 0 saturated carbocycles. The Labute approximate surface area is 213 Å². The summed E-state index contributed by atoms with van der Waals surface area (Å²) in [6, 6.07) is 4.78. The van der Waals surface area contributed by atoms with Crippen molar-refractivity contribution in [3.8, 4) is 0 Å². The number of benzene rings is 1. The molecule has 1 aliphatic carbocycles. The van der Waals surface area contributed by atoms with E-state index in [1.165, 1.54) is 17.3 Å². The SMILES string of the molecule is CC1N=C(N2CCN(C(=O)[C@@H](c3ccc(Cl)c(F)c3)[C@@H]3CCC(C)(C)N3)CC2)C2=C(CC[C@H]2C)N1. The van der Waals surface area contributed by atoms with Gasteiger partial charge in [-0.05, 0) is 70.1 Å². The van der Waals surface area contributed by atoms with Gasteiger partial charge >= 0.3 is 0 Å². The monoisotopic (exact) mass is 501 g/mol. The number of nitrogens with zero attached hydrogens (tertiary/aromatic N) is 3. The van der Waals surface area contributed by atoms with Crippen molar-refractivity contribution in [2.45, 2.75) is 77.0 Å². The van der Waals surface area contributed by atoms with E-state index in [-0.39, 0.29) is 28.7 Å². The molecule has 4 aliphatic rings. The molecule has 3 aliphatic heterocycles. The zero-order chi connectivity index (χ0) is 24.9. The Morgan fingerprint density at radius 3 is 2.60 bits per heavy atom. The van der Waals surface area contributed by atoms with E-state index in [1.54, 1.807) is 12.1 Å². The summed E-state index contributed by atoms with van der Waals surface area (Å²) >= 11 is 5.96. The van der Waals surface area contributed by atoms with E-state index >= 15 is 0 Å². The van der Waals surface area contributed by atoms with Crippen LogP contribution in [0.2, 0.25) is 5.02 Å². The van der Waals surface area contributed by atoms with Gasteiger partial charge in [0.25, 0.3) is 0 Å². The Kier molecular flexibility index (Phi) is 6.60. The number of rotatable bonds is 3. The van der Waals surface area contributed by atoms with Crippen LogP contribution in [0.25, 0.3) is 0 Å². The van der Waals surface area contributed by atoms with Crippen molar-refractivity contribution < 1.29 is 9.18 Å². The molecule has 0 aromatic heterocycles. The van der Waals surface area contributed by atoms with E-state index < -0.39 is 11.7 Å². The van der Waals surface area contributed by atoms with Gasteiger partial charge in [0.1, 0.15) is 17.8 Å². The number of piperazine rings is 1. The summed E-state index contributed by atoms with van der Waals surface area (Å²) in [7, 11) is 0. The summed E-state index contributed by atoms with van der Waals surface area (Å²) in [5.74, 6) is 0.770. The molecule has 3 heterocycles. The molecule has 0 bridgehead atoms. The molecule has 1 aromatic rings. The Balaban J connectivity index is 1.34. The molecule has 1 unspecified atom stereocenters. The van der Waals surface area contributed by atoms with Gasteiger partial charge in [0, 0.05) is 49.0 Å². The summed E-state index contributed by atoms with van der Waals surface area (Å²) in [4.78, 5) is 23.2. The number of amidine groups is 1. The number of hydrogen-bond acceptors (Lipinski definition) is 5. The number of nitrogens with one attached hydrogen (secondary N) is 2. The van der Waals surface area contributed by atoms with E-state index in [2.05, 4.69) is 43.2 Å². The molecular weight excluding hydrogens is 465 g/mol.